The summed E-state index contributed by atoms with van der Waals surface area (Å²) in [5.74, 6) is -1.82. The van der Waals surface area contributed by atoms with Gasteiger partial charge in [-0.3, -0.25) is 0 Å². The highest BCUT2D eigenvalue weighted by molar-refractivity contribution is 6.30. The topological polar surface area (TPSA) is 89.6 Å². The number of nitrogens with zero attached hydrogens (tertiary/aromatic N) is 3. The summed E-state index contributed by atoms with van der Waals surface area (Å²) in [6.07, 6.45) is -1.00. The molecule has 4 atom stereocenters. The molecule has 3 rings (SSSR count). The third-order valence-electron chi connectivity index (χ3n) is 4.16. The maximum absolute atomic E-state index is 13.6. The molecule has 2 aromatic rings. The summed E-state index contributed by atoms with van der Waals surface area (Å²) in [5, 5.41) is 26.9. The van der Waals surface area contributed by atoms with Crippen LogP contribution < -0.4 is 0 Å². The number of aliphatic hydroxyl groups excluding tert-OH is 2. The minimum atomic E-state index is -1.10. The fourth-order valence-electron chi connectivity index (χ4n) is 2.81. The molecule has 0 bridgehead atoms. The van der Waals surface area contributed by atoms with Gasteiger partial charge in [-0.2, -0.15) is 0 Å². The van der Waals surface area contributed by atoms with Crippen molar-refractivity contribution in [2.75, 3.05) is 20.3 Å². The Morgan fingerprint density at radius 1 is 1.40 bits per heavy atom. The van der Waals surface area contributed by atoms with Crippen molar-refractivity contribution in [2.45, 2.75) is 24.4 Å². The van der Waals surface area contributed by atoms with Crippen LogP contribution in [-0.4, -0.2) is 63.8 Å². The molecule has 4 unspecified atom stereocenters. The highest BCUT2D eigenvalue weighted by atomic mass is 35.5. The number of rotatable bonds is 4. The lowest BCUT2D eigenvalue weighted by molar-refractivity contribution is -0.174. The number of methoxy groups -OCH3 is 1. The molecule has 2 heterocycles. The molecule has 136 valence electrons. The van der Waals surface area contributed by atoms with Gasteiger partial charge in [0, 0.05) is 12.7 Å². The second kappa shape index (κ2) is 7.30. The van der Waals surface area contributed by atoms with Crippen molar-refractivity contribution < 1.29 is 28.5 Å². The number of aromatic nitrogens is 3. The molecule has 1 aliphatic rings. The Labute approximate surface area is 146 Å². The van der Waals surface area contributed by atoms with Crippen molar-refractivity contribution in [1.29, 1.82) is 0 Å². The van der Waals surface area contributed by atoms with E-state index in [1.54, 1.807) is 0 Å². The molecule has 7 nitrogen and oxygen atoms in total. The summed E-state index contributed by atoms with van der Waals surface area (Å²) < 4.78 is 39.2. The monoisotopic (exact) mass is 375 g/mol. The molecule has 1 saturated heterocycles. The minimum absolute atomic E-state index is 0.142. The van der Waals surface area contributed by atoms with Gasteiger partial charge in [0.15, 0.2) is 0 Å². The molecular formula is C15H16ClF2N3O4. The van der Waals surface area contributed by atoms with Crippen molar-refractivity contribution in [3.8, 4) is 11.3 Å². The number of halogens is 3. The first-order chi connectivity index (χ1) is 12.0. The van der Waals surface area contributed by atoms with Gasteiger partial charge in [0.25, 0.3) is 0 Å². The highest BCUT2D eigenvalue weighted by Crippen LogP contribution is 2.30. The molecule has 1 aromatic carbocycles. The molecular weight excluding hydrogens is 360 g/mol. The predicted molar refractivity (Wildman–Crippen MR) is 83.1 cm³/mol. The van der Waals surface area contributed by atoms with Crippen molar-refractivity contribution in [3.63, 3.8) is 0 Å². The molecule has 0 amide bonds. The van der Waals surface area contributed by atoms with Crippen LogP contribution in [0.25, 0.3) is 11.3 Å². The maximum Gasteiger partial charge on any atom is 0.145 e. The smallest absolute Gasteiger partial charge is 0.145 e. The van der Waals surface area contributed by atoms with E-state index < -0.39 is 41.0 Å². The Morgan fingerprint density at radius 2 is 2.08 bits per heavy atom. The fraction of sp³-hybridized carbons (Fsp3) is 0.467. The largest absolute Gasteiger partial charge is 0.394 e. The lowest BCUT2D eigenvalue weighted by Crippen LogP contribution is -2.52. The molecule has 1 fully saturated rings. The minimum Gasteiger partial charge on any atom is -0.394 e. The van der Waals surface area contributed by atoms with Gasteiger partial charge < -0.3 is 19.7 Å². The normalized spacial score (nSPS) is 26.8. The summed E-state index contributed by atoms with van der Waals surface area (Å²) in [5.41, 5.74) is 0.350. The summed E-state index contributed by atoms with van der Waals surface area (Å²) in [4.78, 5) is 0. The Hall–Kier alpha value is -1.65. The Kier molecular flexibility index (Phi) is 5.30. The van der Waals surface area contributed by atoms with Crippen LogP contribution in [0.2, 0.25) is 5.02 Å². The number of ether oxygens (including phenoxy) is 2. The third kappa shape index (κ3) is 3.38. The molecule has 0 spiro atoms. The second-order valence-electron chi connectivity index (χ2n) is 5.65. The van der Waals surface area contributed by atoms with Gasteiger partial charge in [-0.15, -0.1) is 5.10 Å². The molecule has 10 heteroatoms. The molecule has 1 aromatic heterocycles. The zero-order chi connectivity index (χ0) is 18.1. The Balaban J connectivity index is 1.94. The van der Waals surface area contributed by atoms with Crippen LogP contribution in [0, 0.1) is 11.6 Å². The number of benzene rings is 1. The number of aliphatic hydroxyl groups is 2. The van der Waals surface area contributed by atoms with E-state index in [0.717, 1.165) is 12.1 Å². The van der Waals surface area contributed by atoms with E-state index in [4.69, 9.17) is 21.1 Å². The summed E-state index contributed by atoms with van der Waals surface area (Å²) in [6, 6.07) is 1.41. The van der Waals surface area contributed by atoms with E-state index in [-0.39, 0.29) is 24.5 Å². The third-order valence-corrected chi connectivity index (χ3v) is 4.53. The van der Waals surface area contributed by atoms with E-state index in [2.05, 4.69) is 10.3 Å². The zero-order valence-corrected chi connectivity index (χ0v) is 13.9. The van der Waals surface area contributed by atoms with Gasteiger partial charge >= 0.3 is 0 Å². The van der Waals surface area contributed by atoms with Gasteiger partial charge in [0.1, 0.15) is 46.7 Å². The van der Waals surface area contributed by atoms with Crippen molar-refractivity contribution >= 4 is 11.6 Å². The molecule has 0 saturated carbocycles. The van der Waals surface area contributed by atoms with Gasteiger partial charge in [0.05, 0.1) is 19.4 Å². The molecule has 2 N–H and O–H groups in total. The predicted octanol–water partition coefficient (Wildman–Crippen LogP) is 1.18. The quantitative estimate of drug-likeness (QED) is 0.780. The van der Waals surface area contributed by atoms with Gasteiger partial charge in [-0.1, -0.05) is 16.8 Å². The first-order valence-electron chi connectivity index (χ1n) is 7.46. The average Bonchev–Trinajstić information content (AvgIpc) is 3.08. The lowest BCUT2D eigenvalue weighted by atomic mass is 9.97. The Bertz CT molecular complexity index is 737. The molecule has 0 radical (unpaired) electrons. The Morgan fingerprint density at radius 3 is 2.68 bits per heavy atom. The highest BCUT2D eigenvalue weighted by Gasteiger charge is 2.41. The van der Waals surface area contributed by atoms with Crippen LogP contribution in [0.1, 0.15) is 6.04 Å². The van der Waals surface area contributed by atoms with Crippen LogP contribution in [0.15, 0.2) is 18.3 Å². The summed E-state index contributed by atoms with van der Waals surface area (Å²) >= 11 is 5.47. The van der Waals surface area contributed by atoms with Crippen molar-refractivity contribution in [3.05, 3.63) is 35.0 Å². The SMILES string of the molecule is COC1COC(CO)C(O)C1n1cc(-c2cc(F)c(Cl)c(F)c2)nn1. The molecule has 1 aliphatic heterocycles. The van der Waals surface area contributed by atoms with E-state index in [0.29, 0.717) is 0 Å². The van der Waals surface area contributed by atoms with Gasteiger partial charge in [-0.05, 0) is 12.1 Å². The summed E-state index contributed by atoms with van der Waals surface area (Å²) in [7, 11) is 1.45. The second-order valence-corrected chi connectivity index (χ2v) is 6.03. The van der Waals surface area contributed by atoms with Gasteiger partial charge in [-0.25, -0.2) is 13.5 Å². The summed E-state index contributed by atoms with van der Waals surface area (Å²) in [6.45, 7) is -0.230. The standard InChI is InChI=1S/C15H16ClF2N3O4/c1-24-12-6-25-11(5-22)15(23)14(12)21-4-10(19-20-21)7-2-8(17)13(16)9(18)3-7/h2-4,11-12,14-15,22-23H,5-6H2,1H3. The molecule has 0 aliphatic carbocycles. The van der Waals surface area contributed by atoms with E-state index in [1.165, 1.54) is 18.0 Å². The van der Waals surface area contributed by atoms with Crippen LogP contribution in [0.3, 0.4) is 0 Å². The van der Waals surface area contributed by atoms with Gasteiger partial charge in [0.2, 0.25) is 0 Å². The van der Waals surface area contributed by atoms with Crippen LogP contribution in [-0.2, 0) is 9.47 Å². The lowest BCUT2D eigenvalue weighted by Gasteiger charge is -2.38. The number of hydrogen-bond donors (Lipinski definition) is 2. The zero-order valence-electron chi connectivity index (χ0n) is 13.1. The van der Waals surface area contributed by atoms with E-state index >= 15 is 0 Å². The van der Waals surface area contributed by atoms with Crippen molar-refractivity contribution in [2.24, 2.45) is 0 Å². The maximum atomic E-state index is 13.6. The van der Waals surface area contributed by atoms with E-state index in [9.17, 15) is 19.0 Å². The first-order valence-corrected chi connectivity index (χ1v) is 7.84. The first kappa shape index (κ1) is 18.2. The fourth-order valence-corrected chi connectivity index (χ4v) is 2.92. The number of hydrogen-bond acceptors (Lipinski definition) is 6. The van der Waals surface area contributed by atoms with E-state index in [1.807, 2.05) is 0 Å². The average molecular weight is 376 g/mol. The van der Waals surface area contributed by atoms with Crippen LogP contribution in [0.4, 0.5) is 8.78 Å². The van der Waals surface area contributed by atoms with Crippen molar-refractivity contribution in [1.82, 2.24) is 15.0 Å². The van der Waals surface area contributed by atoms with Crippen LogP contribution in [0.5, 0.6) is 0 Å². The van der Waals surface area contributed by atoms with Crippen LogP contribution >= 0.6 is 11.6 Å². The molecule has 25 heavy (non-hydrogen) atoms.